The molecule has 1 aliphatic rings. The monoisotopic (exact) mass is 337 g/mol. The van der Waals surface area contributed by atoms with Crippen LogP contribution in [0.3, 0.4) is 0 Å². The van der Waals surface area contributed by atoms with Crippen LogP contribution in [0.15, 0.2) is 55.1 Å². The number of allylic oxidation sites excluding steroid dienone is 1. The molecule has 0 amide bonds. The Hall–Kier alpha value is -2.06. The Kier molecular flexibility index (Phi) is 5.93. The average molecular weight is 338 g/mol. The fourth-order valence-electron chi connectivity index (χ4n) is 3.43. The molecule has 1 saturated heterocycles. The second-order valence-corrected chi connectivity index (χ2v) is 7.04. The first kappa shape index (κ1) is 17.8. The van der Waals surface area contributed by atoms with Crippen molar-refractivity contribution in [2.75, 3.05) is 19.6 Å². The maximum Gasteiger partial charge on any atom is 0.119 e. The Bertz CT molecular complexity index is 685. The molecule has 0 atom stereocenters. The van der Waals surface area contributed by atoms with Gasteiger partial charge in [-0.05, 0) is 61.6 Å². The van der Waals surface area contributed by atoms with Gasteiger partial charge in [0.15, 0.2) is 0 Å². The highest BCUT2D eigenvalue weighted by Gasteiger charge is 2.19. The summed E-state index contributed by atoms with van der Waals surface area (Å²) in [5.41, 5.74) is 4.74. The summed E-state index contributed by atoms with van der Waals surface area (Å²) in [4.78, 5) is 2.54. The van der Waals surface area contributed by atoms with Gasteiger partial charge >= 0.3 is 0 Å². The van der Waals surface area contributed by atoms with Crippen molar-refractivity contribution in [3.63, 3.8) is 0 Å². The molecule has 1 heterocycles. The van der Waals surface area contributed by atoms with Crippen LogP contribution in [-0.2, 0) is 0 Å². The summed E-state index contributed by atoms with van der Waals surface area (Å²) in [7, 11) is 0. The molecule has 2 heteroatoms. The summed E-state index contributed by atoms with van der Waals surface area (Å²) < 4.78 is 6.18. The first-order valence-corrected chi connectivity index (χ1v) is 9.41. The zero-order chi connectivity index (χ0) is 17.6. The number of piperidine rings is 1. The lowest BCUT2D eigenvalue weighted by atomic mass is 10.0. The number of ether oxygens (including phenoxy) is 1. The van der Waals surface area contributed by atoms with Gasteiger partial charge in [-0.3, -0.25) is 0 Å². The van der Waals surface area contributed by atoms with Crippen molar-refractivity contribution < 1.29 is 6.16 Å². The van der Waals surface area contributed by atoms with Crippen LogP contribution < -0.4 is 4.74 Å². The molecular weight excluding hydrogens is 306 g/mol. The predicted molar refractivity (Wildman–Crippen MR) is 109 cm³/mol. The number of rotatable bonds is 6. The first-order chi connectivity index (χ1) is 12.2. The molecule has 2 aromatic rings. The van der Waals surface area contributed by atoms with E-state index in [9.17, 15) is 0 Å². The van der Waals surface area contributed by atoms with Gasteiger partial charge in [0, 0.05) is 14.5 Å². The first-order valence-electron chi connectivity index (χ1n) is 9.41. The van der Waals surface area contributed by atoms with Gasteiger partial charge in [-0.2, -0.15) is 0 Å². The summed E-state index contributed by atoms with van der Waals surface area (Å²) in [5, 5.41) is 0. The largest absolute Gasteiger partial charge is 0.490 e. The van der Waals surface area contributed by atoms with Gasteiger partial charge in [-0.1, -0.05) is 55.5 Å². The van der Waals surface area contributed by atoms with E-state index in [2.05, 4.69) is 66.9 Å². The molecule has 0 aromatic heterocycles. The van der Waals surface area contributed by atoms with E-state index >= 15 is 0 Å². The predicted octanol–water partition coefficient (Wildman–Crippen LogP) is 5.89. The van der Waals surface area contributed by atoms with Gasteiger partial charge in [0.05, 0.1) is 0 Å². The van der Waals surface area contributed by atoms with Crippen molar-refractivity contribution in [1.82, 2.24) is 4.90 Å². The third-order valence-corrected chi connectivity index (χ3v) is 4.94. The Morgan fingerprint density at radius 3 is 2.12 bits per heavy atom. The van der Waals surface area contributed by atoms with Crippen LogP contribution in [0.2, 0.25) is 0 Å². The molecule has 1 aliphatic heterocycles. The molecule has 2 nitrogen and oxygen atoms in total. The van der Waals surface area contributed by atoms with Crippen LogP contribution in [0, 0.1) is 0 Å². The molecule has 1 fully saturated rings. The van der Waals surface area contributed by atoms with Crippen molar-refractivity contribution in [3.8, 4) is 16.9 Å². The maximum atomic E-state index is 6.18. The smallest absolute Gasteiger partial charge is 0.119 e. The minimum absolute atomic E-state index is 0. The zero-order valence-corrected chi connectivity index (χ0v) is 15.5. The fourth-order valence-corrected chi connectivity index (χ4v) is 3.43. The summed E-state index contributed by atoms with van der Waals surface area (Å²) in [6, 6.07) is 17.1. The number of nitrogens with zero attached hydrogens (tertiary/aromatic N) is 1. The van der Waals surface area contributed by atoms with Crippen LogP contribution in [0.5, 0.6) is 5.75 Å². The van der Waals surface area contributed by atoms with Crippen molar-refractivity contribution in [1.29, 1.82) is 0 Å². The standard InChI is InChI=1S/C23H29NO.H2/c1-4-15-24-16-13-23(14-17-24)25-22-11-9-21(10-12-22)20-7-5-19(6-8-20)18(2)3;/h5-12,23H,2,4,13-17H2,1,3H3;1H. The SMILES string of the molecule is C=C(C)c1ccc(-c2ccc(OC3CCN(CCC)CC3)cc2)cc1.[HH]. The topological polar surface area (TPSA) is 12.5 Å². The Morgan fingerprint density at radius 1 is 1.04 bits per heavy atom. The number of hydrogen-bond donors (Lipinski definition) is 0. The normalized spacial score (nSPS) is 15.9. The van der Waals surface area contributed by atoms with Crippen LogP contribution in [0.25, 0.3) is 16.7 Å². The third kappa shape index (κ3) is 4.73. The number of hydrogen-bond acceptors (Lipinski definition) is 2. The van der Waals surface area contributed by atoms with Gasteiger partial charge < -0.3 is 9.64 Å². The van der Waals surface area contributed by atoms with Gasteiger partial charge in [0.1, 0.15) is 11.9 Å². The van der Waals surface area contributed by atoms with E-state index in [-0.39, 0.29) is 1.43 Å². The molecule has 0 N–H and O–H groups in total. The molecule has 0 radical (unpaired) electrons. The van der Waals surface area contributed by atoms with Crippen molar-refractivity contribution in [3.05, 3.63) is 60.7 Å². The van der Waals surface area contributed by atoms with Crippen LogP contribution in [-0.4, -0.2) is 30.6 Å². The van der Waals surface area contributed by atoms with Crippen molar-refractivity contribution in [2.45, 2.75) is 39.2 Å². The maximum absolute atomic E-state index is 6.18. The highest BCUT2D eigenvalue weighted by molar-refractivity contribution is 5.69. The molecular formula is C23H31NO. The van der Waals surface area contributed by atoms with Gasteiger partial charge in [-0.15, -0.1) is 0 Å². The minimum atomic E-state index is 0. The Morgan fingerprint density at radius 2 is 1.60 bits per heavy atom. The third-order valence-electron chi connectivity index (χ3n) is 4.94. The molecule has 0 aliphatic carbocycles. The molecule has 0 saturated carbocycles. The average Bonchev–Trinajstić information content (AvgIpc) is 2.64. The zero-order valence-electron chi connectivity index (χ0n) is 15.5. The van der Waals surface area contributed by atoms with Crippen LogP contribution >= 0.6 is 0 Å². The van der Waals surface area contributed by atoms with Gasteiger partial charge in [0.25, 0.3) is 0 Å². The number of benzene rings is 2. The van der Waals surface area contributed by atoms with E-state index in [4.69, 9.17) is 4.74 Å². The lowest BCUT2D eigenvalue weighted by Crippen LogP contribution is -2.38. The molecule has 3 rings (SSSR count). The fraction of sp³-hybridized carbons (Fsp3) is 0.391. The van der Waals surface area contributed by atoms with E-state index in [0.29, 0.717) is 6.10 Å². The van der Waals surface area contributed by atoms with Gasteiger partial charge in [-0.25, -0.2) is 0 Å². The summed E-state index contributed by atoms with van der Waals surface area (Å²) in [6.07, 6.45) is 3.85. The summed E-state index contributed by atoms with van der Waals surface area (Å²) >= 11 is 0. The molecule has 134 valence electrons. The second-order valence-electron chi connectivity index (χ2n) is 7.04. The second kappa shape index (κ2) is 8.35. The van der Waals surface area contributed by atoms with E-state index < -0.39 is 0 Å². The van der Waals surface area contributed by atoms with E-state index in [1.807, 2.05) is 6.92 Å². The quantitative estimate of drug-likeness (QED) is 0.652. The van der Waals surface area contributed by atoms with Crippen molar-refractivity contribution >= 4 is 5.57 Å². The molecule has 0 bridgehead atoms. The molecule has 0 unspecified atom stereocenters. The molecule has 0 spiro atoms. The van der Waals surface area contributed by atoms with Crippen LogP contribution in [0.4, 0.5) is 0 Å². The van der Waals surface area contributed by atoms with Gasteiger partial charge in [0.2, 0.25) is 0 Å². The highest BCUT2D eigenvalue weighted by Crippen LogP contribution is 2.26. The van der Waals surface area contributed by atoms with Crippen molar-refractivity contribution in [2.24, 2.45) is 0 Å². The summed E-state index contributed by atoms with van der Waals surface area (Å²) in [6.45, 7) is 11.8. The van der Waals surface area contributed by atoms with E-state index in [1.54, 1.807) is 0 Å². The minimum Gasteiger partial charge on any atom is -0.490 e. The van der Waals surface area contributed by atoms with E-state index in [0.717, 1.165) is 37.3 Å². The van der Waals surface area contributed by atoms with Crippen LogP contribution in [0.1, 0.15) is 40.1 Å². The molecule has 25 heavy (non-hydrogen) atoms. The van der Waals surface area contributed by atoms with E-state index in [1.165, 1.54) is 29.7 Å². The molecule has 2 aromatic carbocycles. The Balaban J connectivity index is 0.00000243. The lowest BCUT2D eigenvalue weighted by molar-refractivity contribution is 0.101. The number of likely N-dealkylation sites (tertiary alicyclic amines) is 1. The Labute approximate surface area is 153 Å². The lowest BCUT2D eigenvalue weighted by Gasteiger charge is -2.31. The summed E-state index contributed by atoms with van der Waals surface area (Å²) in [5.74, 6) is 0.983. The highest BCUT2D eigenvalue weighted by atomic mass is 16.5.